The van der Waals surface area contributed by atoms with Gasteiger partial charge in [-0.05, 0) is 37.8 Å². The number of carbonyl (C=O) groups excluding carboxylic acids is 1. The predicted molar refractivity (Wildman–Crippen MR) is 87.2 cm³/mol. The molecule has 2 aromatic heterocycles. The van der Waals surface area contributed by atoms with Crippen molar-refractivity contribution < 1.29 is 9.32 Å². The van der Waals surface area contributed by atoms with Crippen LogP contribution in [0.4, 0.5) is 4.79 Å². The van der Waals surface area contributed by atoms with E-state index in [1.54, 1.807) is 17.3 Å². The molecule has 4 rings (SSSR count). The Labute approximate surface area is 140 Å². The maximum absolute atomic E-state index is 12.4. The molecule has 0 radical (unpaired) electrons. The summed E-state index contributed by atoms with van der Waals surface area (Å²) >= 11 is 0. The molecule has 2 saturated heterocycles. The van der Waals surface area contributed by atoms with E-state index in [1.165, 1.54) is 0 Å². The van der Waals surface area contributed by atoms with Gasteiger partial charge in [0.1, 0.15) is 0 Å². The quantitative estimate of drug-likeness (QED) is 0.847. The third-order valence-corrected chi connectivity index (χ3v) is 5.07. The second-order valence-corrected chi connectivity index (χ2v) is 6.83. The number of rotatable bonds is 2. The van der Waals surface area contributed by atoms with Gasteiger partial charge in [-0.2, -0.15) is 4.98 Å². The summed E-state index contributed by atoms with van der Waals surface area (Å²) in [5.74, 6) is 1.53. The van der Waals surface area contributed by atoms with Crippen molar-refractivity contribution in [1.29, 1.82) is 0 Å². The molecule has 2 aliphatic rings. The van der Waals surface area contributed by atoms with Crippen LogP contribution < -0.4 is 0 Å². The van der Waals surface area contributed by atoms with Crippen LogP contribution in [0.2, 0.25) is 0 Å². The van der Waals surface area contributed by atoms with Crippen LogP contribution >= 0.6 is 0 Å². The topological polar surface area (TPSA) is 75.4 Å². The van der Waals surface area contributed by atoms with Crippen LogP contribution in [-0.2, 0) is 0 Å². The van der Waals surface area contributed by atoms with E-state index in [0.29, 0.717) is 11.7 Å². The van der Waals surface area contributed by atoms with Crippen LogP contribution in [0.25, 0.3) is 11.4 Å². The zero-order chi connectivity index (χ0) is 16.7. The summed E-state index contributed by atoms with van der Waals surface area (Å²) in [6, 6.07) is 4.41. The fraction of sp³-hybridized carbons (Fsp3) is 0.529. The molecule has 0 saturated carbocycles. The first kappa shape index (κ1) is 15.1. The minimum absolute atomic E-state index is 0.115. The molecule has 4 heterocycles. The lowest BCUT2D eigenvalue weighted by Gasteiger charge is -2.39. The van der Waals surface area contributed by atoms with Gasteiger partial charge < -0.3 is 14.3 Å². The molecular weight excluding hydrogens is 306 g/mol. The molecule has 7 nitrogen and oxygen atoms in total. The molecule has 126 valence electrons. The second kappa shape index (κ2) is 5.89. The van der Waals surface area contributed by atoms with Gasteiger partial charge in [-0.3, -0.25) is 4.98 Å². The van der Waals surface area contributed by atoms with E-state index in [1.807, 2.05) is 26.2 Å². The van der Waals surface area contributed by atoms with Crippen molar-refractivity contribution in [2.24, 2.45) is 0 Å². The largest absolute Gasteiger partial charge is 0.339 e. The number of hydrogen-bond acceptors (Lipinski definition) is 5. The molecule has 3 atom stereocenters. The van der Waals surface area contributed by atoms with Crippen molar-refractivity contribution in [3.05, 3.63) is 30.4 Å². The van der Waals surface area contributed by atoms with Crippen LogP contribution in [0.3, 0.4) is 0 Å². The van der Waals surface area contributed by atoms with Gasteiger partial charge in [-0.1, -0.05) is 5.16 Å². The summed E-state index contributed by atoms with van der Waals surface area (Å²) in [5.41, 5.74) is 0.906. The van der Waals surface area contributed by atoms with Gasteiger partial charge in [0.2, 0.25) is 11.7 Å². The molecule has 0 aromatic carbocycles. The first-order valence-corrected chi connectivity index (χ1v) is 8.37. The Morgan fingerprint density at radius 2 is 1.88 bits per heavy atom. The highest BCUT2D eigenvalue weighted by molar-refractivity contribution is 5.75. The molecule has 0 aliphatic carbocycles. The number of amides is 2. The normalized spacial score (nSPS) is 25.8. The lowest BCUT2D eigenvalue weighted by atomic mass is 9.90. The first-order valence-electron chi connectivity index (χ1n) is 8.37. The van der Waals surface area contributed by atoms with E-state index in [9.17, 15) is 4.79 Å². The molecule has 7 heteroatoms. The van der Waals surface area contributed by atoms with Crippen LogP contribution in [0.1, 0.15) is 37.5 Å². The maximum Gasteiger partial charge on any atom is 0.319 e. The van der Waals surface area contributed by atoms with Crippen LogP contribution in [-0.4, -0.2) is 57.1 Å². The molecule has 0 N–H and O–H groups in total. The maximum atomic E-state index is 12.4. The smallest absolute Gasteiger partial charge is 0.319 e. The van der Waals surface area contributed by atoms with Crippen molar-refractivity contribution in [3.63, 3.8) is 0 Å². The number of piperidine rings is 1. The van der Waals surface area contributed by atoms with Crippen molar-refractivity contribution in [2.75, 3.05) is 14.1 Å². The molecule has 0 spiro atoms. The van der Waals surface area contributed by atoms with Crippen LogP contribution in [0.5, 0.6) is 0 Å². The number of aromatic nitrogens is 3. The molecule has 2 aliphatic heterocycles. The number of urea groups is 1. The van der Waals surface area contributed by atoms with Crippen molar-refractivity contribution in [2.45, 2.75) is 43.7 Å². The number of carbonyl (C=O) groups is 1. The lowest BCUT2D eigenvalue weighted by Crippen LogP contribution is -2.50. The van der Waals surface area contributed by atoms with Gasteiger partial charge in [0.15, 0.2) is 0 Å². The summed E-state index contributed by atoms with van der Waals surface area (Å²) < 4.78 is 5.53. The molecule has 2 aromatic rings. The van der Waals surface area contributed by atoms with Gasteiger partial charge in [0.25, 0.3) is 0 Å². The van der Waals surface area contributed by atoms with E-state index < -0.39 is 0 Å². The zero-order valence-electron chi connectivity index (χ0n) is 13.9. The van der Waals surface area contributed by atoms with Gasteiger partial charge in [-0.15, -0.1) is 0 Å². The average molecular weight is 327 g/mol. The summed E-state index contributed by atoms with van der Waals surface area (Å²) in [6.45, 7) is 0. The minimum Gasteiger partial charge on any atom is -0.339 e. The second-order valence-electron chi connectivity index (χ2n) is 6.83. The van der Waals surface area contributed by atoms with Crippen LogP contribution in [0.15, 0.2) is 29.0 Å². The average Bonchev–Trinajstić information content (AvgIpc) is 3.18. The minimum atomic E-state index is 0.115. The predicted octanol–water partition coefficient (Wildman–Crippen LogP) is 2.52. The number of fused-ring (bicyclic) bond motifs is 2. The Balaban J connectivity index is 1.52. The highest BCUT2D eigenvalue weighted by Crippen LogP contribution is 2.43. The molecule has 1 unspecified atom stereocenters. The van der Waals surface area contributed by atoms with Crippen molar-refractivity contribution >= 4 is 6.03 Å². The van der Waals surface area contributed by atoms with Gasteiger partial charge in [-0.25, -0.2) is 4.79 Å². The van der Waals surface area contributed by atoms with E-state index >= 15 is 0 Å². The van der Waals surface area contributed by atoms with E-state index in [-0.39, 0.29) is 24.0 Å². The van der Waals surface area contributed by atoms with Crippen molar-refractivity contribution in [1.82, 2.24) is 24.9 Å². The Morgan fingerprint density at radius 1 is 1.21 bits per heavy atom. The fourth-order valence-corrected chi connectivity index (χ4v) is 3.94. The summed E-state index contributed by atoms with van der Waals surface area (Å²) in [5, 5.41) is 4.11. The monoisotopic (exact) mass is 327 g/mol. The van der Waals surface area contributed by atoms with Crippen molar-refractivity contribution in [3.8, 4) is 11.4 Å². The molecule has 2 bridgehead atoms. The molecular formula is C17H21N5O2. The molecule has 2 fully saturated rings. The van der Waals surface area contributed by atoms with E-state index in [4.69, 9.17) is 4.52 Å². The van der Waals surface area contributed by atoms with Gasteiger partial charge in [0, 0.05) is 50.1 Å². The summed E-state index contributed by atoms with van der Waals surface area (Å²) in [4.78, 5) is 24.7. The van der Waals surface area contributed by atoms with Crippen LogP contribution in [0, 0.1) is 0 Å². The summed E-state index contributed by atoms with van der Waals surface area (Å²) in [7, 11) is 3.62. The number of nitrogens with zero attached hydrogens (tertiary/aromatic N) is 5. The standard InChI is InChI=1S/C17H21N5O2/c1-21(2)17(23)22-13-3-4-14(22)10-12(9-13)16-19-15(20-24-16)11-5-7-18-8-6-11/h5-8,12-14H,3-4,9-10H2,1-2H3/t12?,13-,14+. The SMILES string of the molecule is CN(C)C(=O)N1[C@@H]2CC[C@H]1CC(c1nc(-c3ccncc3)no1)C2. The van der Waals surface area contributed by atoms with E-state index in [0.717, 1.165) is 31.2 Å². The number of pyridine rings is 1. The molecule has 24 heavy (non-hydrogen) atoms. The fourth-order valence-electron chi connectivity index (χ4n) is 3.94. The highest BCUT2D eigenvalue weighted by Gasteiger charge is 2.45. The molecule has 2 amide bonds. The first-order chi connectivity index (χ1) is 11.6. The van der Waals surface area contributed by atoms with Gasteiger partial charge >= 0.3 is 6.03 Å². The highest BCUT2D eigenvalue weighted by atomic mass is 16.5. The Kier molecular flexibility index (Phi) is 3.70. The van der Waals surface area contributed by atoms with E-state index in [2.05, 4.69) is 20.0 Å². The van der Waals surface area contributed by atoms with Gasteiger partial charge in [0.05, 0.1) is 0 Å². The summed E-state index contributed by atoms with van der Waals surface area (Å²) in [6.07, 6.45) is 7.36. The Morgan fingerprint density at radius 3 is 2.50 bits per heavy atom. The Hall–Kier alpha value is -2.44. The third-order valence-electron chi connectivity index (χ3n) is 5.07. The number of hydrogen-bond donors (Lipinski definition) is 0. The zero-order valence-corrected chi connectivity index (χ0v) is 13.9. The Bertz CT molecular complexity index is 716. The third kappa shape index (κ3) is 2.53. The lowest BCUT2D eigenvalue weighted by molar-refractivity contribution is 0.111.